The first-order valence-corrected chi connectivity index (χ1v) is 8.73. The van der Waals surface area contributed by atoms with Gasteiger partial charge in [-0.3, -0.25) is 9.59 Å². The smallest absolute Gasteiger partial charge is 0.329 e. The van der Waals surface area contributed by atoms with Crippen molar-refractivity contribution in [1.82, 2.24) is 10.7 Å². The molecule has 3 N–H and O–H groups in total. The lowest BCUT2D eigenvalue weighted by Gasteiger charge is -2.11. The van der Waals surface area contributed by atoms with Crippen molar-refractivity contribution in [2.75, 3.05) is 11.9 Å². The Morgan fingerprint density at radius 1 is 1.15 bits per heavy atom. The Morgan fingerprint density at radius 3 is 2.65 bits per heavy atom. The molecule has 8 heteroatoms. The molecule has 0 aliphatic heterocycles. The topological polar surface area (TPSA) is 82.6 Å². The van der Waals surface area contributed by atoms with Crippen molar-refractivity contribution < 1.29 is 14.0 Å². The van der Waals surface area contributed by atoms with Gasteiger partial charge in [-0.25, -0.2) is 9.82 Å². The summed E-state index contributed by atoms with van der Waals surface area (Å²) in [5.41, 5.74) is 3.66. The van der Waals surface area contributed by atoms with Crippen LogP contribution in [0.15, 0.2) is 52.0 Å². The van der Waals surface area contributed by atoms with E-state index in [4.69, 9.17) is 0 Å². The van der Waals surface area contributed by atoms with Crippen LogP contribution in [0.3, 0.4) is 0 Å². The van der Waals surface area contributed by atoms with E-state index in [-0.39, 0.29) is 5.82 Å². The third-order valence-corrected chi connectivity index (χ3v) is 3.76. The molecule has 0 saturated heterocycles. The molecule has 2 aromatic carbocycles. The van der Waals surface area contributed by atoms with E-state index < -0.39 is 11.8 Å². The van der Waals surface area contributed by atoms with Gasteiger partial charge in [0.25, 0.3) is 0 Å². The Hall–Kier alpha value is -2.74. The zero-order chi connectivity index (χ0) is 18.9. The van der Waals surface area contributed by atoms with Crippen LogP contribution in [0.4, 0.5) is 15.8 Å². The molecule has 0 atom stereocenters. The van der Waals surface area contributed by atoms with Crippen molar-refractivity contribution in [3.63, 3.8) is 0 Å². The lowest BCUT2D eigenvalue weighted by molar-refractivity contribution is -0.139. The highest BCUT2D eigenvalue weighted by molar-refractivity contribution is 9.10. The number of benzene rings is 2. The standard InChI is InChI=1S/C18H18BrFN4O2/c1-2-9-21-17(25)18(26)24-22-11-12-10-13(19)7-8-15(12)23-16-6-4-3-5-14(16)20/h3-8,10-11,23H,2,9H2,1H3,(H,21,25)(H,24,26)/b22-11-. The Bertz CT molecular complexity index is 827. The molecule has 0 unspecified atom stereocenters. The second-order valence-electron chi connectivity index (χ2n) is 5.29. The van der Waals surface area contributed by atoms with Crippen LogP contribution in [0, 0.1) is 5.82 Å². The minimum Gasteiger partial charge on any atom is -0.353 e. The van der Waals surface area contributed by atoms with Crippen molar-refractivity contribution in [2.24, 2.45) is 5.10 Å². The molecule has 2 rings (SSSR count). The highest BCUT2D eigenvalue weighted by atomic mass is 79.9. The number of hydrogen-bond acceptors (Lipinski definition) is 4. The lowest BCUT2D eigenvalue weighted by Crippen LogP contribution is -2.38. The van der Waals surface area contributed by atoms with Crippen molar-refractivity contribution in [3.8, 4) is 0 Å². The van der Waals surface area contributed by atoms with Crippen LogP contribution < -0.4 is 16.1 Å². The number of hydrazone groups is 1. The number of hydrogen-bond donors (Lipinski definition) is 3. The van der Waals surface area contributed by atoms with Gasteiger partial charge in [0.2, 0.25) is 0 Å². The van der Waals surface area contributed by atoms with E-state index in [2.05, 4.69) is 37.1 Å². The molecule has 2 amide bonds. The molecule has 2 aromatic rings. The maximum atomic E-state index is 13.8. The second-order valence-corrected chi connectivity index (χ2v) is 6.21. The summed E-state index contributed by atoms with van der Waals surface area (Å²) >= 11 is 3.35. The number of rotatable bonds is 6. The van der Waals surface area contributed by atoms with E-state index in [0.717, 1.165) is 10.9 Å². The molecule has 0 heterocycles. The zero-order valence-electron chi connectivity index (χ0n) is 14.1. The predicted molar refractivity (Wildman–Crippen MR) is 103 cm³/mol. The van der Waals surface area contributed by atoms with E-state index in [1.54, 1.807) is 36.4 Å². The molecular weight excluding hydrogens is 403 g/mol. The predicted octanol–water partition coefficient (Wildman–Crippen LogP) is 3.31. The monoisotopic (exact) mass is 420 g/mol. The van der Waals surface area contributed by atoms with Crippen molar-refractivity contribution in [2.45, 2.75) is 13.3 Å². The average molecular weight is 421 g/mol. The van der Waals surface area contributed by atoms with Gasteiger partial charge in [-0.2, -0.15) is 5.10 Å². The molecule has 136 valence electrons. The molecule has 0 aliphatic carbocycles. The summed E-state index contributed by atoms with van der Waals surface area (Å²) in [6.07, 6.45) is 2.10. The molecule has 0 spiro atoms. The number of anilines is 2. The van der Waals surface area contributed by atoms with E-state index >= 15 is 0 Å². The van der Waals surface area contributed by atoms with Gasteiger partial charge in [0.05, 0.1) is 11.9 Å². The lowest BCUT2D eigenvalue weighted by atomic mass is 10.2. The fraction of sp³-hybridized carbons (Fsp3) is 0.167. The van der Waals surface area contributed by atoms with Gasteiger partial charge in [0, 0.05) is 22.3 Å². The van der Waals surface area contributed by atoms with Gasteiger partial charge in [0.1, 0.15) is 5.82 Å². The first kappa shape index (κ1) is 19.6. The molecule has 0 fully saturated rings. The summed E-state index contributed by atoms with van der Waals surface area (Å²) in [5.74, 6) is -1.99. The van der Waals surface area contributed by atoms with Crippen LogP contribution in [-0.4, -0.2) is 24.6 Å². The van der Waals surface area contributed by atoms with Crippen molar-refractivity contribution >= 4 is 45.3 Å². The second kappa shape index (κ2) is 9.67. The number of nitrogens with zero attached hydrogens (tertiary/aromatic N) is 1. The number of para-hydroxylation sites is 1. The number of nitrogens with one attached hydrogen (secondary N) is 3. The van der Waals surface area contributed by atoms with Crippen LogP contribution in [-0.2, 0) is 9.59 Å². The molecule has 6 nitrogen and oxygen atoms in total. The summed E-state index contributed by atoms with van der Waals surface area (Å²) in [7, 11) is 0. The molecule has 26 heavy (non-hydrogen) atoms. The maximum absolute atomic E-state index is 13.8. The highest BCUT2D eigenvalue weighted by Crippen LogP contribution is 2.24. The fourth-order valence-electron chi connectivity index (χ4n) is 1.99. The molecule has 0 radical (unpaired) electrons. The zero-order valence-corrected chi connectivity index (χ0v) is 15.6. The summed E-state index contributed by atoms with van der Waals surface area (Å²) in [5, 5.41) is 9.23. The third-order valence-electron chi connectivity index (χ3n) is 3.27. The number of halogens is 2. The number of carbonyl (C=O) groups is 2. The average Bonchev–Trinajstić information content (AvgIpc) is 2.63. The van der Waals surface area contributed by atoms with E-state index in [9.17, 15) is 14.0 Å². The van der Waals surface area contributed by atoms with Crippen LogP contribution in [0.5, 0.6) is 0 Å². The Balaban J connectivity index is 2.11. The Kier molecular flexibility index (Phi) is 7.28. The van der Waals surface area contributed by atoms with Crippen LogP contribution >= 0.6 is 15.9 Å². The van der Waals surface area contributed by atoms with Crippen LogP contribution in [0.2, 0.25) is 0 Å². The van der Waals surface area contributed by atoms with Gasteiger partial charge in [-0.05, 0) is 36.8 Å². The van der Waals surface area contributed by atoms with Crippen LogP contribution in [0.25, 0.3) is 0 Å². The third kappa shape index (κ3) is 5.66. The Morgan fingerprint density at radius 2 is 1.92 bits per heavy atom. The van der Waals surface area contributed by atoms with Gasteiger partial charge >= 0.3 is 11.8 Å². The summed E-state index contributed by atoms with van der Waals surface area (Å²) in [6, 6.07) is 11.6. The van der Waals surface area contributed by atoms with Gasteiger partial charge in [-0.15, -0.1) is 0 Å². The quantitative estimate of drug-likeness (QED) is 0.380. The molecule has 0 saturated carbocycles. The minimum atomic E-state index is -0.853. The summed E-state index contributed by atoms with van der Waals surface area (Å²) < 4.78 is 14.6. The molecule has 0 aromatic heterocycles. The SMILES string of the molecule is CCCNC(=O)C(=O)N/N=C\c1cc(Br)ccc1Nc1ccccc1F. The molecular formula is C18H18BrFN4O2. The Labute approximate surface area is 159 Å². The van der Waals surface area contributed by atoms with Gasteiger partial charge in [0.15, 0.2) is 0 Å². The minimum absolute atomic E-state index is 0.312. The van der Waals surface area contributed by atoms with Gasteiger partial charge < -0.3 is 10.6 Å². The first-order valence-electron chi connectivity index (χ1n) is 7.93. The van der Waals surface area contributed by atoms with E-state index in [1.807, 2.05) is 6.92 Å². The summed E-state index contributed by atoms with van der Waals surface area (Å²) in [4.78, 5) is 23.1. The van der Waals surface area contributed by atoms with Crippen LogP contribution in [0.1, 0.15) is 18.9 Å². The highest BCUT2D eigenvalue weighted by Gasteiger charge is 2.11. The molecule has 0 bridgehead atoms. The van der Waals surface area contributed by atoms with Crippen molar-refractivity contribution in [3.05, 3.63) is 58.3 Å². The summed E-state index contributed by atoms with van der Waals surface area (Å²) in [6.45, 7) is 2.30. The maximum Gasteiger partial charge on any atom is 0.329 e. The van der Waals surface area contributed by atoms with Crippen molar-refractivity contribution in [1.29, 1.82) is 0 Å². The number of amides is 2. The van der Waals surface area contributed by atoms with E-state index in [0.29, 0.717) is 23.5 Å². The van der Waals surface area contributed by atoms with E-state index in [1.165, 1.54) is 12.3 Å². The number of carbonyl (C=O) groups excluding carboxylic acids is 2. The molecule has 0 aliphatic rings. The van der Waals surface area contributed by atoms with Gasteiger partial charge in [-0.1, -0.05) is 35.0 Å². The first-order chi connectivity index (χ1) is 12.5. The fourth-order valence-corrected chi connectivity index (χ4v) is 2.37. The normalized spacial score (nSPS) is 10.6. The largest absolute Gasteiger partial charge is 0.353 e.